The summed E-state index contributed by atoms with van der Waals surface area (Å²) in [7, 11) is 0. The zero-order valence-corrected chi connectivity index (χ0v) is 11.3. The summed E-state index contributed by atoms with van der Waals surface area (Å²) in [5, 5.41) is 3.08. The molecule has 0 saturated carbocycles. The van der Waals surface area contributed by atoms with Crippen molar-refractivity contribution in [3.05, 3.63) is 52.1 Å². The van der Waals surface area contributed by atoms with Gasteiger partial charge in [0.15, 0.2) is 5.82 Å². The van der Waals surface area contributed by atoms with Gasteiger partial charge in [-0.3, -0.25) is 4.79 Å². The van der Waals surface area contributed by atoms with E-state index in [0.717, 1.165) is 11.1 Å². The summed E-state index contributed by atoms with van der Waals surface area (Å²) in [6.45, 7) is 3.72. The van der Waals surface area contributed by atoms with Crippen molar-refractivity contribution in [2.24, 2.45) is 0 Å². The van der Waals surface area contributed by atoms with E-state index in [2.05, 4.69) is 15.3 Å². The van der Waals surface area contributed by atoms with Crippen LogP contribution in [0.5, 0.6) is 0 Å². The second-order valence-corrected chi connectivity index (χ2v) is 4.25. The van der Waals surface area contributed by atoms with Crippen LogP contribution in [0.2, 0.25) is 0 Å². The average molecular weight is 274 g/mol. The van der Waals surface area contributed by atoms with Gasteiger partial charge in [-0.2, -0.15) is 0 Å². The van der Waals surface area contributed by atoms with Crippen LogP contribution >= 0.6 is 0 Å². The van der Waals surface area contributed by atoms with Crippen molar-refractivity contribution >= 4 is 11.5 Å². The number of H-pyrrole nitrogens is 1. The predicted octanol–water partition coefficient (Wildman–Crippen LogP) is 1.50. The van der Waals surface area contributed by atoms with Crippen LogP contribution in [0.3, 0.4) is 0 Å². The second-order valence-electron chi connectivity index (χ2n) is 4.25. The van der Waals surface area contributed by atoms with Crippen molar-refractivity contribution in [1.29, 1.82) is 0 Å². The van der Waals surface area contributed by atoms with Crippen molar-refractivity contribution in [1.82, 2.24) is 9.97 Å². The molecule has 0 aliphatic carbocycles. The maximum atomic E-state index is 11.4. The SMILES string of the molecule is CCOCc1ccccc1CNc1nc[nH]c(=O)c1N. The molecule has 4 N–H and O–H groups in total. The molecule has 6 nitrogen and oxygen atoms in total. The summed E-state index contributed by atoms with van der Waals surface area (Å²) in [5.41, 5.74) is 7.61. The highest BCUT2D eigenvalue weighted by atomic mass is 16.5. The number of hydrogen-bond donors (Lipinski definition) is 3. The largest absolute Gasteiger partial charge is 0.391 e. The fourth-order valence-corrected chi connectivity index (χ4v) is 1.81. The summed E-state index contributed by atoms with van der Waals surface area (Å²) in [6, 6.07) is 7.95. The number of nitrogens with zero attached hydrogens (tertiary/aromatic N) is 1. The van der Waals surface area contributed by atoms with Gasteiger partial charge < -0.3 is 20.8 Å². The molecule has 106 valence electrons. The summed E-state index contributed by atoms with van der Waals surface area (Å²) in [5.74, 6) is 0.389. The fourth-order valence-electron chi connectivity index (χ4n) is 1.81. The fraction of sp³-hybridized carbons (Fsp3) is 0.286. The van der Waals surface area contributed by atoms with Gasteiger partial charge in [0.2, 0.25) is 0 Å². The monoisotopic (exact) mass is 274 g/mol. The maximum Gasteiger partial charge on any atom is 0.276 e. The summed E-state index contributed by atoms with van der Waals surface area (Å²) in [4.78, 5) is 17.8. The van der Waals surface area contributed by atoms with Gasteiger partial charge in [-0.1, -0.05) is 24.3 Å². The van der Waals surface area contributed by atoms with Crippen molar-refractivity contribution in [2.75, 3.05) is 17.7 Å². The molecular formula is C14H18N4O2. The molecule has 0 fully saturated rings. The number of aromatic amines is 1. The van der Waals surface area contributed by atoms with Crippen LogP contribution in [0.1, 0.15) is 18.1 Å². The molecule has 20 heavy (non-hydrogen) atoms. The number of ether oxygens (including phenoxy) is 1. The Morgan fingerprint density at radius 3 is 2.85 bits per heavy atom. The first-order chi connectivity index (χ1) is 9.72. The molecule has 0 amide bonds. The number of nitrogens with one attached hydrogen (secondary N) is 2. The van der Waals surface area contributed by atoms with Crippen molar-refractivity contribution in [3.8, 4) is 0 Å². The molecule has 1 aromatic carbocycles. The van der Waals surface area contributed by atoms with Crippen LogP contribution in [0.4, 0.5) is 11.5 Å². The highest BCUT2D eigenvalue weighted by molar-refractivity contribution is 5.59. The molecule has 6 heteroatoms. The van der Waals surface area contributed by atoms with Gasteiger partial charge in [-0.05, 0) is 18.1 Å². The van der Waals surface area contributed by atoms with Crippen molar-refractivity contribution < 1.29 is 4.74 Å². The zero-order chi connectivity index (χ0) is 14.4. The van der Waals surface area contributed by atoms with E-state index in [1.165, 1.54) is 6.33 Å². The Labute approximate surface area is 117 Å². The molecule has 2 aromatic rings. The summed E-state index contributed by atoms with van der Waals surface area (Å²) < 4.78 is 5.43. The van der Waals surface area contributed by atoms with Crippen molar-refractivity contribution in [2.45, 2.75) is 20.1 Å². The molecule has 0 unspecified atom stereocenters. The van der Waals surface area contributed by atoms with Crippen LogP contribution in [0.25, 0.3) is 0 Å². The molecule has 0 radical (unpaired) electrons. The molecule has 0 aliphatic heterocycles. The quantitative estimate of drug-likeness (QED) is 0.742. The molecule has 2 rings (SSSR count). The van der Waals surface area contributed by atoms with E-state index < -0.39 is 0 Å². The third kappa shape index (κ3) is 3.36. The van der Waals surface area contributed by atoms with E-state index in [4.69, 9.17) is 10.5 Å². The number of rotatable bonds is 6. The van der Waals surface area contributed by atoms with Crippen LogP contribution in [-0.2, 0) is 17.9 Å². The molecule has 0 saturated heterocycles. The zero-order valence-electron chi connectivity index (χ0n) is 11.3. The number of benzene rings is 1. The first kappa shape index (κ1) is 14.1. The Hall–Kier alpha value is -2.34. The molecule has 0 bridgehead atoms. The Kier molecular flexibility index (Phi) is 4.73. The van der Waals surface area contributed by atoms with Crippen LogP contribution in [-0.4, -0.2) is 16.6 Å². The molecular weight excluding hydrogens is 256 g/mol. The van der Waals surface area contributed by atoms with Gasteiger partial charge in [0.1, 0.15) is 5.69 Å². The summed E-state index contributed by atoms with van der Waals surface area (Å²) >= 11 is 0. The topological polar surface area (TPSA) is 93.0 Å². The lowest BCUT2D eigenvalue weighted by molar-refractivity contribution is 0.133. The third-order valence-corrected chi connectivity index (χ3v) is 2.92. The van der Waals surface area contributed by atoms with E-state index in [1.54, 1.807) is 0 Å². The molecule has 1 heterocycles. The number of nitrogen functional groups attached to an aromatic ring is 1. The lowest BCUT2D eigenvalue weighted by Crippen LogP contribution is -2.16. The van der Waals surface area contributed by atoms with Gasteiger partial charge in [-0.15, -0.1) is 0 Å². The Balaban J connectivity index is 2.11. The Morgan fingerprint density at radius 1 is 1.35 bits per heavy atom. The Morgan fingerprint density at radius 2 is 2.10 bits per heavy atom. The number of anilines is 2. The van der Waals surface area contributed by atoms with Gasteiger partial charge >= 0.3 is 0 Å². The first-order valence-corrected chi connectivity index (χ1v) is 6.44. The van der Waals surface area contributed by atoms with Crippen LogP contribution in [0, 0.1) is 0 Å². The van der Waals surface area contributed by atoms with Gasteiger partial charge in [0.25, 0.3) is 5.56 Å². The molecule has 0 atom stereocenters. The van der Waals surface area contributed by atoms with Crippen LogP contribution < -0.4 is 16.6 Å². The van der Waals surface area contributed by atoms with Gasteiger partial charge in [0.05, 0.1) is 12.9 Å². The van der Waals surface area contributed by atoms with Gasteiger partial charge in [0, 0.05) is 13.2 Å². The first-order valence-electron chi connectivity index (χ1n) is 6.44. The minimum atomic E-state index is -0.342. The summed E-state index contributed by atoms with van der Waals surface area (Å²) in [6.07, 6.45) is 1.33. The van der Waals surface area contributed by atoms with E-state index in [-0.39, 0.29) is 11.2 Å². The average Bonchev–Trinajstić information content (AvgIpc) is 2.47. The molecule has 0 spiro atoms. The van der Waals surface area contributed by atoms with Crippen LogP contribution in [0.15, 0.2) is 35.4 Å². The smallest absolute Gasteiger partial charge is 0.276 e. The minimum Gasteiger partial charge on any atom is -0.391 e. The number of nitrogens with two attached hydrogens (primary N) is 1. The number of aromatic nitrogens is 2. The Bertz CT molecular complexity index is 625. The maximum absolute atomic E-state index is 11.4. The van der Waals surface area contributed by atoms with E-state index >= 15 is 0 Å². The van der Waals surface area contributed by atoms with Gasteiger partial charge in [-0.25, -0.2) is 4.98 Å². The normalized spacial score (nSPS) is 10.4. The molecule has 1 aromatic heterocycles. The lowest BCUT2D eigenvalue weighted by atomic mass is 10.1. The second kappa shape index (κ2) is 6.72. The number of hydrogen-bond acceptors (Lipinski definition) is 5. The highest BCUT2D eigenvalue weighted by Crippen LogP contribution is 2.14. The van der Waals surface area contributed by atoms with E-state index in [0.29, 0.717) is 25.6 Å². The minimum absolute atomic E-state index is 0.0924. The van der Waals surface area contributed by atoms with Crippen molar-refractivity contribution in [3.63, 3.8) is 0 Å². The predicted molar refractivity (Wildman–Crippen MR) is 78.4 cm³/mol. The van der Waals surface area contributed by atoms with E-state index in [1.807, 2.05) is 31.2 Å². The lowest BCUT2D eigenvalue weighted by Gasteiger charge is -2.11. The van der Waals surface area contributed by atoms with E-state index in [9.17, 15) is 4.79 Å². The standard InChI is InChI=1S/C14H18N4O2/c1-2-20-8-11-6-4-3-5-10(11)7-16-13-12(15)14(19)18-9-17-13/h3-6,9H,2,7-8,15H2,1H3,(H2,16,17,18,19). The highest BCUT2D eigenvalue weighted by Gasteiger charge is 2.06. The third-order valence-electron chi connectivity index (χ3n) is 2.92. The molecule has 0 aliphatic rings.